The van der Waals surface area contributed by atoms with Crippen LogP contribution in [0.3, 0.4) is 0 Å². The molecule has 0 spiro atoms. The SMILES string of the molecule is CC(C)(O)c1ccccc1P(c1ccccc1)c1ccccc1. The van der Waals surface area contributed by atoms with Gasteiger partial charge in [0.1, 0.15) is 0 Å². The highest BCUT2D eigenvalue weighted by atomic mass is 31.1. The fourth-order valence-corrected chi connectivity index (χ4v) is 5.39. The number of hydrogen-bond donors (Lipinski definition) is 1. The zero-order valence-corrected chi connectivity index (χ0v) is 14.4. The lowest BCUT2D eigenvalue weighted by Gasteiger charge is -2.27. The molecule has 0 aromatic heterocycles. The van der Waals surface area contributed by atoms with E-state index in [9.17, 15) is 5.11 Å². The molecule has 0 saturated carbocycles. The van der Waals surface area contributed by atoms with Crippen LogP contribution in [0.1, 0.15) is 19.4 Å². The minimum absolute atomic E-state index is 0.691. The number of benzene rings is 3. The maximum absolute atomic E-state index is 10.6. The topological polar surface area (TPSA) is 20.2 Å². The van der Waals surface area contributed by atoms with Crippen LogP contribution < -0.4 is 15.9 Å². The summed E-state index contributed by atoms with van der Waals surface area (Å²) in [5, 5.41) is 14.4. The lowest BCUT2D eigenvalue weighted by molar-refractivity contribution is 0.0797. The Morgan fingerprint density at radius 1 is 0.652 bits per heavy atom. The van der Waals surface area contributed by atoms with Gasteiger partial charge in [0.2, 0.25) is 0 Å². The lowest BCUT2D eigenvalue weighted by Crippen LogP contribution is -2.29. The molecule has 0 atom stereocenters. The maximum atomic E-state index is 10.6. The molecule has 0 heterocycles. The van der Waals surface area contributed by atoms with E-state index in [4.69, 9.17) is 0 Å². The third-order valence-electron chi connectivity index (χ3n) is 3.83. The minimum Gasteiger partial charge on any atom is -0.386 e. The highest BCUT2D eigenvalue weighted by molar-refractivity contribution is 7.79. The van der Waals surface area contributed by atoms with E-state index in [1.165, 1.54) is 15.9 Å². The summed E-state index contributed by atoms with van der Waals surface area (Å²) in [6, 6.07) is 29.4. The van der Waals surface area contributed by atoms with E-state index in [0.717, 1.165) is 5.56 Å². The highest BCUT2D eigenvalue weighted by Crippen LogP contribution is 2.36. The molecule has 116 valence electrons. The number of hydrogen-bond acceptors (Lipinski definition) is 1. The third-order valence-corrected chi connectivity index (χ3v) is 6.33. The Hall–Kier alpha value is -1.95. The van der Waals surface area contributed by atoms with Gasteiger partial charge >= 0.3 is 0 Å². The standard InChI is InChI=1S/C21H21OP/c1-21(2,22)19-15-9-10-16-20(19)23(17-11-5-3-6-12-17)18-13-7-4-8-14-18/h3-16,22H,1-2H3. The lowest BCUT2D eigenvalue weighted by atomic mass is 9.99. The van der Waals surface area contributed by atoms with Crippen molar-refractivity contribution in [3.8, 4) is 0 Å². The van der Waals surface area contributed by atoms with Crippen LogP contribution in [0, 0.1) is 0 Å². The Morgan fingerprint density at radius 2 is 1.09 bits per heavy atom. The predicted octanol–water partition coefficient (Wildman–Crippen LogP) is 3.67. The van der Waals surface area contributed by atoms with Crippen LogP contribution in [0.5, 0.6) is 0 Å². The Bertz CT molecular complexity index is 721. The van der Waals surface area contributed by atoms with E-state index in [1.54, 1.807) is 0 Å². The first-order valence-corrected chi connectivity index (χ1v) is 9.13. The Balaban J connectivity index is 2.22. The van der Waals surface area contributed by atoms with E-state index in [0.29, 0.717) is 0 Å². The van der Waals surface area contributed by atoms with Gasteiger partial charge in [0, 0.05) is 0 Å². The molecule has 0 aliphatic rings. The van der Waals surface area contributed by atoms with Crippen molar-refractivity contribution in [1.82, 2.24) is 0 Å². The van der Waals surface area contributed by atoms with E-state index >= 15 is 0 Å². The molecule has 0 fully saturated rings. The number of aliphatic hydroxyl groups is 1. The zero-order chi connectivity index (χ0) is 16.3. The van der Waals surface area contributed by atoms with Gasteiger partial charge in [0.15, 0.2) is 0 Å². The van der Waals surface area contributed by atoms with Crippen molar-refractivity contribution in [2.75, 3.05) is 0 Å². The molecule has 1 nitrogen and oxygen atoms in total. The van der Waals surface area contributed by atoms with Gasteiger partial charge in [-0.05, 0) is 43.2 Å². The van der Waals surface area contributed by atoms with Crippen LogP contribution in [0.15, 0.2) is 84.9 Å². The van der Waals surface area contributed by atoms with E-state index < -0.39 is 13.5 Å². The van der Waals surface area contributed by atoms with Crippen LogP contribution in [-0.4, -0.2) is 5.11 Å². The van der Waals surface area contributed by atoms with Crippen molar-refractivity contribution in [3.63, 3.8) is 0 Å². The van der Waals surface area contributed by atoms with Crippen LogP contribution in [0.25, 0.3) is 0 Å². The molecule has 0 unspecified atom stereocenters. The molecule has 0 bridgehead atoms. The summed E-state index contributed by atoms with van der Waals surface area (Å²) in [6.07, 6.45) is 0. The molecule has 0 aliphatic heterocycles. The van der Waals surface area contributed by atoms with Crippen LogP contribution >= 0.6 is 7.92 Å². The molecule has 23 heavy (non-hydrogen) atoms. The predicted molar refractivity (Wildman–Crippen MR) is 100 cm³/mol. The summed E-state index contributed by atoms with van der Waals surface area (Å²) in [4.78, 5) is 0. The molecule has 3 aromatic rings. The molecule has 0 saturated heterocycles. The first-order valence-electron chi connectivity index (χ1n) is 7.79. The zero-order valence-electron chi connectivity index (χ0n) is 13.5. The fraction of sp³-hybridized carbons (Fsp3) is 0.143. The molecule has 0 aliphatic carbocycles. The van der Waals surface area contributed by atoms with Gasteiger partial charge in [-0.15, -0.1) is 0 Å². The van der Waals surface area contributed by atoms with Crippen molar-refractivity contribution in [1.29, 1.82) is 0 Å². The second-order valence-electron chi connectivity index (χ2n) is 6.08. The maximum Gasteiger partial charge on any atom is 0.0846 e. The van der Waals surface area contributed by atoms with E-state index in [1.807, 2.05) is 38.1 Å². The first-order chi connectivity index (χ1) is 11.1. The quantitative estimate of drug-likeness (QED) is 0.727. The van der Waals surface area contributed by atoms with Crippen LogP contribution in [-0.2, 0) is 5.60 Å². The second kappa shape index (κ2) is 6.66. The van der Waals surface area contributed by atoms with Gasteiger partial charge in [-0.2, -0.15) is 0 Å². The average Bonchev–Trinajstić information content (AvgIpc) is 2.57. The molecular formula is C21H21OP. The van der Waals surface area contributed by atoms with Gasteiger partial charge in [-0.1, -0.05) is 84.9 Å². The molecule has 0 amide bonds. The summed E-state index contributed by atoms with van der Waals surface area (Å²) in [7, 11) is -0.691. The van der Waals surface area contributed by atoms with E-state index in [-0.39, 0.29) is 0 Å². The highest BCUT2D eigenvalue weighted by Gasteiger charge is 2.25. The Morgan fingerprint density at radius 3 is 1.57 bits per heavy atom. The Labute approximate surface area is 139 Å². The molecule has 2 heteroatoms. The van der Waals surface area contributed by atoms with Gasteiger partial charge in [0.05, 0.1) is 5.60 Å². The monoisotopic (exact) mass is 320 g/mol. The molecule has 1 N–H and O–H groups in total. The molecule has 0 radical (unpaired) electrons. The minimum atomic E-state index is -0.860. The smallest absolute Gasteiger partial charge is 0.0846 e. The van der Waals surface area contributed by atoms with Crippen LogP contribution in [0.2, 0.25) is 0 Å². The molecular weight excluding hydrogens is 299 g/mol. The fourth-order valence-electron chi connectivity index (χ4n) is 2.77. The largest absolute Gasteiger partial charge is 0.386 e. The summed E-state index contributed by atoms with van der Waals surface area (Å²) in [6.45, 7) is 3.71. The van der Waals surface area contributed by atoms with Crippen molar-refractivity contribution in [3.05, 3.63) is 90.5 Å². The van der Waals surface area contributed by atoms with Gasteiger partial charge in [-0.3, -0.25) is 0 Å². The van der Waals surface area contributed by atoms with Gasteiger partial charge in [-0.25, -0.2) is 0 Å². The third kappa shape index (κ3) is 3.52. The molecule has 3 rings (SSSR count). The van der Waals surface area contributed by atoms with E-state index in [2.05, 4.69) is 60.7 Å². The second-order valence-corrected chi connectivity index (χ2v) is 8.27. The van der Waals surface area contributed by atoms with Gasteiger partial charge < -0.3 is 5.11 Å². The van der Waals surface area contributed by atoms with Crippen molar-refractivity contribution in [2.24, 2.45) is 0 Å². The van der Waals surface area contributed by atoms with Crippen molar-refractivity contribution < 1.29 is 5.11 Å². The first kappa shape index (κ1) is 15.9. The Kier molecular flexibility index (Phi) is 4.61. The summed E-state index contributed by atoms with van der Waals surface area (Å²) in [5.74, 6) is 0. The van der Waals surface area contributed by atoms with Gasteiger partial charge in [0.25, 0.3) is 0 Å². The normalized spacial score (nSPS) is 11.7. The summed E-state index contributed by atoms with van der Waals surface area (Å²) in [5.41, 5.74) is 0.139. The van der Waals surface area contributed by atoms with Crippen LogP contribution in [0.4, 0.5) is 0 Å². The molecule has 3 aromatic carbocycles. The average molecular weight is 320 g/mol. The van der Waals surface area contributed by atoms with Crippen molar-refractivity contribution in [2.45, 2.75) is 19.4 Å². The summed E-state index contributed by atoms with van der Waals surface area (Å²) < 4.78 is 0. The number of rotatable bonds is 4. The summed E-state index contributed by atoms with van der Waals surface area (Å²) >= 11 is 0. The van der Waals surface area contributed by atoms with Crippen molar-refractivity contribution >= 4 is 23.8 Å².